The lowest BCUT2D eigenvalue weighted by molar-refractivity contribution is -0.138. The van der Waals surface area contributed by atoms with E-state index in [0.717, 1.165) is 23.9 Å². The Morgan fingerprint density at radius 1 is 1.06 bits per heavy atom. The summed E-state index contributed by atoms with van der Waals surface area (Å²) in [4.78, 5) is 27.4. The molecule has 2 saturated heterocycles. The molecule has 10 heteroatoms. The third-order valence-electron chi connectivity index (χ3n) is 5.88. The molecule has 3 aromatic rings. The van der Waals surface area contributed by atoms with Crippen LogP contribution in [0.3, 0.4) is 0 Å². The van der Waals surface area contributed by atoms with Crippen LogP contribution in [0.5, 0.6) is 0 Å². The first kappa shape index (κ1) is 22.1. The summed E-state index contributed by atoms with van der Waals surface area (Å²) < 4.78 is 41.4. The second-order valence-electron chi connectivity index (χ2n) is 8.12. The van der Waals surface area contributed by atoms with Gasteiger partial charge in [-0.15, -0.1) is 0 Å². The second kappa shape index (κ2) is 8.94. The smallest absolute Gasteiger partial charge is 0.324 e. The van der Waals surface area contributed by atoms with Gasteiger partial charge in [-0.05, 0) is 36.2 Å². The quantitative estimate of drug-likeness (QED) is 0.551. The molecular weight excluding hydrogens is 447 g/mol. The van der Waals surface area contributed by atoms with Crippen LogP contribution in [0.1, 0.15) is 36.4 Å². The molecule has 7 nitrogen and oxygen atoms in total. The van der Waals surface area contributed by atoms with Gasteiger partial charge in [-0.3, -0.25) is 9.63 Å². The molecule has 2 aliphatic heterocycles. The van der Waals surface area contributed by atoms with Gasteiger partial charge in [0.25, 0.3) is 0 Å². The van der Waals surface area contributed by atoms with Crippen LogP contribution in [0.25, 0.3) is 0 Å². The van der Waals surface area contributed by atoms with E-state index in [2.05, 4.69) is 15.3 Å². The largest absolute Gasteiger partial charge is 0.421 e. The minimum absolute atomic E-state index is 0.00955. The average molecular weight is 469 g/mol. The molecule has 3 heterocycles. The highest BCUT2D eigenvalue weighted by Gasteiger charge is 2.40. The lowest BCUT2D eigenvalue weighted by Crippen LogP contribution is -2.26. The molecular formula is C24H22F3N5O2. The Hall–Kier alpha value is -3.66. The van der Waals surface area contributed by atoms with Crippen molar-refractivity contribution in [2.75, 3.05) is 28.4 Å². The Morgan fingerprint density at radius 2 is 1.82 bits per heavy atom. The van der Waals surface area contributed by atoms with Crippen LogP contribution < -0.4 is 15.3 Å². The summed E-state index contributed by atoms with van der Waals surface area (Å²) >= 11 is 0. The molecule has 2 aliphatic rings. The highest BCUT2D eigenvalue weighted by Crippen LogP contribution is 2.41. The molecule has 0 spiro atoms. The van der Waals surface area contributed by atoms with Crippen LogP contribution in [0.15, 0.2) is 60.8 Å². The van der Waals surface area contributed by atoms with E-state index in [4.69, 9.17) is 4.84 Å². The zero-order valence-corrected chi connectivity index (χ0v) is 18.1. The first-order valence-corrected chi connectivity index (χ1v) is 11.0. The SMILES string of the molecule is O=C1CCCN1c1ccc(Nc2ncc(C(F)(F)F)c(N3OCCC3c3ccccc3)n2)cc1. The molecule has 0 aliphatic carbocycles. The summed E-state index contributed by atoms with van der Waals surface area (Å²) in [5.41, 5.74) is 1.23. The number of hydrogen-bond acceptors (Lipinski definition) is 6. The maximum absolute atomic E-state index is 13.8. The number of amides is 1. The molecule has 5 rings (SSSR count). The maximum Gasteiger partial charge on any atom is 0.421 e. The third kappa shape index (κ3) is 4.41. The van der Waals surface area contributed by atoms with Crippen LogP contribution in [-0.2, 0) is 15.8 Å². The van der Waals surface area contributed by atoms with Gasteiger partial charge in [0, 0.05) is 37.0 Å². The summed E-state index contributed by atoms with van der Waals surface area (Å²) in [6, 6.07) is 15.9. The van der Waals surface area contributed by atoms with Crippen molar-refractivity contribution in [3.63, 3.8) is 0 Å². The maximum atomic E-state index is 13.8. The fourth-order valence-corrected chi connectivity index (χ4v) is 4.23. The number of carbonyl (C=O) groups excluding carboxylic acids is 1. The molecule has 34 heavy (non-hydrogen) atoms. The van der Waals surface area contributed by atoms with E-state index in [0.29, 0.717) is 25.1 Å². The predicted molar refractivity (Wildman–Crippen MR) is 121 cm³/mol. The fraction of sp³-hybridized carbons (Fsp3) is 0.292. The first-order chi connectivity index (χ1) is 16.4. The summed E-state index contributed by atoms with van der Waals surface area (Å²) in [5.74, 6) is -0.249. The van der Waals surface area contributed by atoms with E-state index in [1.807, 2.05) is 30.3 Å². The molecule has 1 N–H and O–H groups in total. The van der Waals surface area contributed by atoms with Gasteiger partial charge >= 0.3 is 6.18 Å². The Morgan fingerprint density at radius 3 is 2.50 bits per heavy atom. The van der Waals surface area contributed by atoms with Crippen molar-refractivity contribution in [3.8, 4) is 0 Å². The van der Waals surface area contributed by atoms with Gasteiger partial charge in [-0.2, -0.15) is 18.2 Å². The molecule has 2 aromatic carbocycles. The van der Waals surface area contributed by atoms with E-state index in [1.54, 1.807) is 29.2 Å². The molecule has 1 atom stereocenters. The average Bonchev–Trinajstić information content (AvgIpc) is 3.49. The van der Waals surface area contributed by atoms with Crippen molar-refractivity contribution in [2.24, 2.45) is 0 Å². The number of nitrogens with one attached hydrogen (secondary N) is 1. The van der Waals surface area contributed by atoms with Crippen molar-refractivity contribution in [2.45, 2.75) is 31.5 Å². The van der Waals surface area contributed by atoms with Crippen molar-refractivity contribution >= 4 is 29.0 Å². The van der Waals surface area contributed by atoms with E-state index >= 15 is 0 Å². The van der Waals surface area contributed by atoms with Gasteiger partial charge in [-0.25, -0.2) is 10.0 Å². The van der Waals surface area contributed by atoms with E-state index < -0.39 is 17.8 Å². The number of alkyl halides is 3. The predicted octanol–water partition coefficient (Wildman–Crippen LogP) is 5.25. The molecule has 1 amide bonds. The Kier molecular flexibility index (Phi) is 5.82. The van der Waals surface area contributed by atoms with Crippen molar-refractivity contribution in [3.05, 3.63) is 71.9 Å². The first-order valence-electron chi connectivity index (χ1n) is 11.0. The van der Waals surface area contributed by atoms with Crippen molar-refractivity contribution < 1.29 is 22.8 Å². The molecule has 1 unspecified atom stereocenters. The van der Waals surface area contributed by atoms with Crippen molar-refractivity contribution in [1.29, 1.82) is 0 Å². The fourth-order valence-electron chi connectivity index (χ4n) is 4.23. The standard InChI is InChI=1S/C24H22F3N5O2/c25-24(26,27)19-15-28-23(29-17-8-10-18(11-9-17)31-13-4-7-21(31)33)30-22(19)32-20(12-14-34-32)16-5-2-1-3-6-16/h1-3,5-6,8-11,15,20H,4,7,12-14H2,(H,28,29,30). The second-order valence-corrected chi connectivity index (χ2v) is 8.12. The number of aromatic nitrogens is 2. The van der Waals surface area contributed by atoms with Gasteiger partial charge < -0.3 is 10.2 Å². The number of hydroxylamine groups is 1. The molecule has 0 saturated carbocycles. The van der Waals surface area contributed by atoms with Crippen molar-refractivity contribution in [1.82, 2.24) is 9.97 Å². The summed E-state index contributed by atoms with van der Waals surface area (Å²) in [6.45, 7) is 0.954. The summed E-state index contributed by atoms with van der Waals surface area (Å²) in [7, 11) is 0. The van der Waals surface area contributed by atoms with Gasteiger partial charge in [0.2, 0.25) is 11.9 Å². The normalized spacial score (nSPS) is 18.6. The Balaban J connectivity index is 1.43. The van der Waals surface area contributed by atoms with E-state index in [9.17, 15) is 18.0 Å². The highest BCUT2D eigenvalue weighted by molar-refractivity contribution is 5.95. The van der Waals surface area contributed by atoms with E-state index in [-0.39, 0.29) is 24.3 Å². The van der Waals surface area contributed by atoms with Gasteiger partial charge in [0.05, 0.1) is 12.6 Å². The minimum atomic E-state index is -4.65. The zero-order valence-electron chi connectivity index (χ0n) is 18.1. The van der Waals surface area contributed by atoms with Gasteiger partial charge in [0.1, 0.15) is 5.56 Å². The number of carbonyl (C=O) groups is 1. The Labute approximate surface area is 194 Å². The van der Waals surface area contributed by atoms with Crippen LogP contribution in [0, 0.1) is 0 Å². The van der Waals surface area contributed by atoms with E-state index in [1.165, 1.54) is 5.06 Å². The number of rotatable bonds is 5. The molecule has 1 aromatic heterocycles. The van der Waals surface area contributed by atoms with Crippen LogP contribution in [0.2, 0.25) is 0 Å². The van der Waals surface area contributed by atoms with Gasteiger partial charge in [-0.1, -0.05) is 30.3 Å². The van der Waals surface area contributed by atoms with Crippen LogP contribution >= 0.6 is 0 Å². The van der Waals surface area contributed by atoms with Crippen LogP contribution in [0.4, 0.5) is 36.3 Å². The molecule has 2 fully saturated rings. The number of halogens is 3. The lowest BCUT2D eigenvalue weighted by atomic mass is 10.0. The topological polar surface area (TPSA) is 70.6 Å². The highest BCUT2D eigenvalue weighted by atomic mass is 19.4. The number of nitrogens with zero attached hydrogens (tertiary/aromatic N) is 4. The van der Waals surface area contributed by atoms with Crippen LogP contribution in [-0.4, -0.2) is 29.0 Å². The summed E-state index contributed by atoms with van der Waals surface area (Å²) in [5, 5.41) is 4.18. The third-order valence-corrected chi connectivity index (χ3v) is 5.88. The number of hydrogen-bond donors (Lipinski definition) is 1. The molecule has 0 radical (unpaired) electrons. The molecule has 0 bridgehead atoms. The van der Waals surface area contributed by atoms with Gasteiger partial charge in [0.15, 0.2) is 5.82 Å². The molecule has 176 valence electrons. The zero-order chi connectivity index (χ0) is 23.7. The number of anilines is 4. The Bertz CT molecular complexity index is 1170. The summed E-state index contributed by atoms with van der Waals surface area (Å²) in [6.07, 6.45) is -1.99. The number of benzene rings is 2. The lowest BCUT2D eigenvalue weighted by Gasteiger charge is -2.26. The minimum Gasteiger partial charge on any atom is -0.324 e. The monoisotopic (exact) mass is 469 g/mol.